The third kappa shape index (κ3) is 4.55. The van der Waals surface area contributed by atoms with Gasteiger partial charge >= 0.3 is 5.97 Å². The number of hydrogen-bond acceptors (Lipinski definition) is 6. The molecule has 2 amide bonds. The highest BCUT2D eigenvalue weighted by Crippen LogP contribution is 2.64. The smallest absolute Gasteiger partial charge is 0.313 e. The molecule has 6 atom stereocenters. The van der Waals surface area contributed by atoms with Gasteiger partial charge in [0.2, 0.25) is 11.8 Å². The van der Waals surface area contributed by atoms with E-state index in [1.165, 1.54) is 6.08 Å². The van der Waals surface area contributed by atoms with Crippen LogP contribution in [-0.2, 0) is 23.9 Å². The topological polar surface area (TPSA) is 96.4 Å². The number of aliphatic hydroxyl groups is 1. The zero-order valence-electron chi connectivity index (χ0n) is 21.5. The summed E-state index contributed by atoms with van der Waals surface area (Å²) in [5, 5.41) is 9.32. The fourth-order valence-electron chi connectivity index (χ4n) is 6.58. The molecule has 3 aliphatic heterocycles. The minimum Gasteiger partial charge on any atom is -0.461 e. The third-order valence-corrected chi connectivity index (χ3v) is 8.17. The Kier molecular flexibility index (Phi) is 8.81. The number of rotatable bonds is 14. The number of esters is 1. The van der Waals surface area contributed by atoms with Gasteiger partial charge in [-0.25, -0.2) is 0 Å². The SMILES string of the molecule is C=CCOC(=O)[C@@H]1[C@H]2C(=O)N(CCCCO)C(C(=O)N(CC=C)C(C)CCC)C23CC[C@@]1(CC)O3. The second-order valence-electron chi connectivity index (χ2n) is 10.1. The summed E-state index contributed by atoms with van der Waals surface area (Å²) in [6.07, 6.45) is 7.75. The molecule has 3 heterocycles. The summed E-state index contributed by atoms with van der Waals surface area (Å²) < 4.78 is 12.2. The summed E-state index contributed by atoms with van der Waals surface area (Å²) in [7, 11) is 0. The van der Waals surface area contributed by atoms with Gasteiger partial charge in [-0.05, 0) is 45.4 Å². The molecule has 0 aromatic heterocycles. The molecule has 8 heteroatoms. The molecular formula is C27H42N2O6. The second-order valence-corrected chi connectivity index (χ2v) is 10.1. The molecule has 0 aromatic carbocycles. The van der Waals surface area contributed by atoms with E-state index in [0.29, 0.717) is 45.2 Å². The number of fused-ring (bicyclic) bond motifs is 1. The average Bonchev–Trinajstić information content (AvgIpc) is 3.44. The van der Waals surface area contributed by atoms with Gasteiger partial charge in [0.25, 0.3) is 0 Å². The second kappa shape index (κ2) is 11.2. The normalized spacial score (nSPS) is 31.8. The lowest BCUT2D eigenvalue weighted by Gasteiger charge is -2.39. The highest BCUT2D eigenvalue weighted by molar-refractivity contribution is 5.98. The minimum atomic E-state index is -1.06. The van der Waals surface area contributed by atoms with Gasteiger partial charge in [-0.15, -0.1) is 6.58 Å². The van der Waals surface area contributed by atoms with E-state index in [4.69, 9.17) is 9.47 Å². The average molecular weight is 491 g/mol. The fraction of sp³-hybridized carbons (Fsp3) is 0.741. The van der Waals surface area contributed by atoms with Gasteiger partial charge < -0.3 is 24.4 Å². The maximum Gasteiger partial charge on any atom is 0.313 e. The number of ether oxygens (including phenoxy) is 2. The van der Waals surface area contributed by atoms with E-state index in [9.17, 15) is 19.5 Å². The van der Waals surface area contributed by atoms with Crippen molar-refractivity contribution in [2.45, 2.75) is 89.0 Å². The number of carbonyl (C=O) groups excluding carboxylic acids is 3. The Bertz CT molecular complexity index is 830. The molecule has 1 N–H and O–H groups in total. The summed E-state index contributed by atoms with van der Waals surface area (Å²) in [6.45, 7) is 14.3. The first kappa shape index (κ1) is 27.4. The Labute approximate surface area is 209 Å². The van der Waals surface area contributed by atoms with E-state index in [1.54, 1.807) is 15.9 Å². The van der Waals surface area contributed by atoms with Crippen molar-refractivity contribution in [1.82, 2.24) is 9.80 Å². The monoisotopic (exact) mass is 490 g/mol. The van der Waals surface area contributed by atoms with Gasteiger partial charge in [-0.3, -0.25) is 14.4 Å². The van der Waals surface area contributed by atoms with Gasteiger partial charge in [0, 0.05) is 25.7 Å². The molecule has 3 unspecified atom stereocenters. The lowest BCUT2D eigenvalue weighted by molar-refractivity contribution is -0.161. The lowest BCUT2D eigenvalue weighted by Crippen LogP contribution is -2.58. The Hall–Kier alpha value is -2.19. The van der Waals surface area contributed by atoms with Gasteiger partial charge in [-0.2, -0.15) is 0 Å². The standard InChI is InChI=1S/C27H42N2O6/c1-6-12-19(5)28(15-7-2)24(32)22-27-14-13-26(9-4,35-27)21(25(33)34-18-8-3)20(27)23(31)29(22)16-10-11-17-30/h7-8,19-22,30H,2-3,6,9-18H2,1,4-5H3/t19?,20-,21-,22?,26+,27?/m0/s1. The van der Waals surface area contributed by atoms with Crippen LogP contribution in [0.5, 0.6) is 0 Å². The van der Waals surface area contributed by atoms with E-state index in [2.05, 4.69) is 20.1 Å². The summed E-state index contributed by atoms with van der Waals surface area (Å²) in [4.78, 5) is 44.9. The molecule has 3 aliphatic rings. The van der Waals surface area contributed by atoms with Crippen molar-refractivity contribution in [3.05, 3.63) is 25.3 Å². The molecule has 196 valence electrons. The molecule has 3 fully saturated rings. The quantitative estimate of drug-likeness (QED) is 0.229. The van der Waals surface area contributed by atoms with Gasteiger partial charge in [-0.1, -0.05) is 39.0 Å². The maximum absolute atomic E-state index is 14.2. The summed E-state index contributed by atoms with van der Waals surface area (Å²) in [6, 6.07) is -0.842. The number of amides is 2. The van der Waals surface area contributed by atoms with Crippen molar-refractivity contribution >= 4 is 17.8 Å². The fourth-order valence-corrected chi connectivity index (χ4v) is 6.58. The molecule has 0 radical (unpaired) electrons. The van der Waals surface area contributed by atoms with Crippen LogP contribution in [0.1, 0.15) is 65.7 Å². The molecule has 0 aromatic rings. The summed E-state index contributed by atoms with van der Waals surface area (Å²) in [5.74, 6) is -2.36. The van der Waals surface area contributed by atoms with Gasteiger partial charge in [0.05, 0.1) is 11.5 Å². The van der Waals surface area contributed by atoms with Crippen LogP contribution in [-0.4, -0.2) is 82.3 Å². The van der Waals surface area contributed by atoms with Crippen LogP contribution in [0.4, 0.5) is 0 Å². The molecular weight excluding hydrogens is 448 g/mol. The van der Waals surface area contributed by atoms with Crippen molar-refractivity contribution in [3.63, 3.8) is 0 Å². The number of aliphatic hydroxyl groups excluding tert-OH is 1. The van der Waals surface area contributed by atoms with E-state index in [0.717, 1.165) is 12.8 Å². The summed E-state index contributed by atoms with van der Waals surface area (Å²) in [5.41, 5.74) is -1.88. The molecule has 8 nitrogen and oxygen atoms in total. The van der Waals surface area contributed by atoms with Gasteiger partial charge in [0.1, 0.15) is 24.2 Å². The van der Waals surface area contributed by atoms with Crippen molar-refractivity contribution < 1.29 is 29.0 Å². The summed E-state index contributed by atoms with van der Waals surface area (Å²) >= 11 is 0. The molecule has 35 heavy (non-hydrogen) atoms. The predicted octanol–water partition coefficient (Wildman–Crippen LogP) is 2.85. The Morgan fingerprint density at radius 3 is 2.63 bits per heavy atom. The van der Waals surface area contributed by atoms with Crippen LogP contribution in [0.25, 0.3) is 0 Å². The zero-order chi connectivity index (χ0) is 25.8. The molecule has 1 spiro atoms. The Balaban J connectivity index is 2.06. The molecule has 2 bridgehead atoms. The Morgan fingerprint density at radius 2 is 2.03 bits per heavy atom. The van der Waals surface area contributed by atoms with E-state index in [1.807, 2.05) is 13.8 Å². The zero-order valence-corrected chi connectivity index (χ0v) is 21.5. The highest BCUT2D eigenvalue weighted by Gasteiger charge is 2.79. The maximum atomic E-state index is 14.2. The van der Waals surface area contributed by atoms with Crippen molar-refractivity contribution in [3.8, 4) is 0 Å². The van der Waals surface area contributed by atoms with Crippen LogP contribution in [0.15, 0.2) is 25.3 Å². The van der Waals surface area contributed by atoms with Crippen LogP contribution in [0.3, 0.4) is 0 Å². The molecule has 3 rings (SSSR count). The predicted molar refractivity (Wildman–Crippen MR) is 132 cm³/mol. The highest BCUT2D eigenvalue weighted by atomic mass is 16.6. The van der Waals surface area contributed by atoms with Crippen molar-refractivity contribution in [1.29, 1.82) is 0 Å². The van der Waals surface area contributed by atoms with Crippen LogP contribution in [0.2, 0.25) is 0 Å². The first-order chi connectivity index (χ1) is 16.8. The van der Waals surface area contributed by atoms with Gasteiger partial charge in [0.15, 0.2) is 0 Å². The number of hydrogen-bond donors (Lipinski definition) is 1. The van der Waals surface area contributed by atoms with E-state index < -0.39 is 35.0 Å². The van der Waals surface area contributed by atoms with Crippen LogP contribution < -0.4 is 0 Å². The van der Waals surface area contributed by atoms with E-state index in [-0.39, 0.29) is 31.1 Å². The molecule has 0 aliphatic carbocycles. The first-order valence-corrected chi connectivity index (χ1v) is 13.1. The number of likely N-dealkylation sites (tertiary alicyclic amines) is 1. The molecule has 3 saturated heterocycles. The number of carbonyl (C=O) groups is 3. The lowest BCUT2D eigenvalue weighted by atomic mass is 9.65. The van der Waals surface area contributed by atoms with Crippen LogP contribution in [0, 0.1) is 11.8 Å². The minimum absolute atomic E-state index is 0.0112. The Morgan fingerprint density at radius 1 is 1.29 bits per heavy atom. The first-order valence-electron chi connectivity index (χ1n) is 13.1. The number of unbranched alkanes of at least 4 members (excludes halogenated alkanes) is 1. The van der Waals surface area contributed by atoms with Crippen molar-refractivity contribution in [2.75, 3.05) is 26.3 Å². The van der Waals surface area contributed by atoms with Crippen LogP contribution >= 0.6 is 0 Å². The third-order valence-electron chi connectivity index (χ3n) is 8.17. The van der Waals surface area contributed by atoms with E-state index >= 15 is 0 Å². The van der Waals surface area contributed by atoms with Crippen molar-refractivity contribution in [2.24, 2.45) is 11.8 Å². The number of nitrogens with zero attached hydrogens (tertiary/aromatic N) is 2. The molecule has 0 saturated carbocycles. The largest absolute Gasteiger partial charge is 0.461 e.